The summed E-state index contributed by atoms with van der Waals surface area (Å²) in [5.74, 6) is 1.13. The number of nitrogens with zero attached hydrogens (tertiary/aromatic N) is 1. The molecule has 0 bridgehead atoms. The summed E-state index contributed by atoms with van der Waals surface area (Å²) >= 11 is 0. The van der Waals surface area contributed by atoms with Crippen molar-refractivity contribution in [1.29, 1.82) is 0 Å². The van der Waals surface area contributed by atoms with E-state index in [-0.39, 0.29) is 25.9 Å². The van der Waals surface area contributed by atoms with Crippen molar-refractivity contribution in [2.75, 3.05) is 46.0 Å². The molecule has 1 amide bonds. The van der Waals surface area contributed by atoms with Crippen LogP contribution in [0.4, 0.5) is 5.69 Å². The number of rotatable bonds is 7. The number of ether oxygens (including phenoxy) is 3. The third-order valence-electron chi connectivity index (χ3n) is 2.95. The zero-order valence-electron chi connectivity index (χ0n) is 12.2. The van der Waals surface area contributed by atoms with Gasteiger partial charge >= 0.3 is 0 Å². The number of methoxy groups -OCH3 is 1. The number of nitrogens with one attached hydrogen (secondary N) is 1. The highest BCUT2D eigenvalue weighted by molar-refractivity contribution is 5.92. The first kappa shape index (κ1) is 15.6. The molecule has 1 aromatic carbocycles. The second kappa shape index (κ2) is 7.26. The minimum atomic E-state index is -0.613. The summed E-state index contributed by atoms with van der Waals surface area (Å²) in [5.41, 5.74) is 0.648. The lowest BCUT2D eigenvalue weighted by Gasteiger charge is -2.19. The number of amides is 1. The van der Waals surface area contributed by atoms with Gasteiger partial charge in [-0.25, -0.2) is 0 Å². The van der Waals surface area contributed by atoms with Crippen molar-refractivity contribution >= 4 is 11.6 Å². The number of likely N-dealkylation sites (N-methyl/N-ethyl adjacent to an activating group) is 1. The largest absolute Gasteiger partial charge is 0.454 e. The predicted molar refractivity (Wildman–Crippen MR) is 76.6 cm³/mol. The predicted octanol–water partition coefficient (Wildman–Crippen LogP) is 0.293. The van der Waals surface area contributed by atoms with Crippen LogP contribution < -0.4 is 14.8 Å². The van der Waals surface area contributed by atoms with Gasteiger partial charge in [-0.2, -0.15) is 0 Å². The fraction of sp³-hybridized carbons (Fsp3) is 0.500. The lowest BCUT2D eigenvalue weighted by molar-refractivity contribution is -0.117. The van der Waals surface area contributed by atoms with Crippen molar-refractivity contribution in [3.8, 4) is 11.5 Å². The number of anilines is 1. The molecule has 1 heterocycles. The molecule has 0 fully saturated rings. The number of carbonyl (C=O) groups excluding carboxylic acids is 1. The number of fused-ring (bicyclic) bond motifs is 1. The van der Waals surface area contributed by atoms with Crippen LogP contribution in [0.1, 0.15) is 0 Å². The molecule has 0 spiro atoms. The van der Waals surface area contributed by atoms with E-state index in [1.165, 1.54) is 7.11 Å². The van der Waals surface area contributed by atoms with Gasteiger partial charge in [0.1, 0.15) is 0 Å². The monoisotopic (exact) mass is 296 g/mol. The van der Waals surface area contributed by atoms with Gasteiger partial charge in [0.05, 0.1) is 19.3 Å². The van der Waals surface area contributed by atoms with Gasteiger partial charge in [0, 0.05) is 25.4 Å². The van der Waals surface area contributed by atoms with Crippen molar-refractivity contribution in [3.05, 3.63) is 18.2 Å². The van der Waals surface area contributed by atoms with E-state index >= 15 is 0 Å². The van der Waals surface area contributed by atoms with Gasteiger partial charge in [-0.15, -0.1) is 0 Å². The maximum absolute atomic E-state index is 11.9. The van der Waals surface area contributed by atoms with Gasteiger partial charge in [0.15, 0.2) is 11.5 Å². The molecular formula is C14H20N2O5. The van der Waals surface area contributed by atoms with E-state index in [1.54, 1.807) is 30.1 Å². The Labute approximate surface area is 123 Å². The Morgan fingerprint density at radius 3 is 3.00 bits per heavy atom. The van der Waals surface area contributed by atoms with Crippen LogP contribution in [0.5, 0.6) is 11.5 Å². The number of carbonyl (C=O) groups is 1. The molecule has 2 rings (SSSR count). The molecule has 0 aliphatic carbocycles. The highest BCUT2D eigenvalue weighted by Crippen LogP contribution is 2.34. The van der Waals surface area contributed by atoms with Crippen molar-refractivity contribution < 1.29 is 24.1 Å². The Kier molecular flexibility index (Phi) is 5.38. The molecular weight excluding hydrogens is 276 g/mol. The van der Waals surface area contributed by atoms with Crippen molar-refractivity contribution in [2.24, 2.45) is 0 Å². The van der Waals surface area contributed by atoms with Crippen LogP contribution >= 0.6 is 0 Å². The first-order chi connectivity index (χ1) is 10.1. The molecule has 2 N–H and O–H groups in total. The lowest BCUT2D eigenvalue weighted by atomic mass is 10.2. The van der Waals surface area contributed by atoms with Crippen LogP contribution in [0.25, 0.3) is 0 Å². The van der Waals surface area contributed by atoms with E-state index in [0.29, 0.717) is 23.7 Å². The quantitative estimate of drug-likeness (QED) is 0.753. The summed E-state index contributed by atoms with van der Waals surface area (Å²) in [7, 11) is 3.29. The number of aliphatic hydroxyl groups excluding tert-OH is 1. The van der Waals surface area contributed by atoms with Crippen molar-refractivity contribution in [2.45, 2.75) is 6.10 Å². The van der Waals surface area contributed by atoms with Crippen LogP contribution in [-0.2, 0) is 9.53 Å². The number of aliphatic hydroxyl groups is 1. The molecule has 7 nitrogen and oxygen atoms in total. The molecule has 116 valence electrons. The summed E-state index contributed by atoms with van der Waals surface area (Å²) in [6, 6.07) is 5.23. The molecule has 1 atom stereocenters. The topological polar surface area (TPSA) is 80.3 Å². The van der Waals surface area contributed by atoms with E-state index in [2.05, 4.69) is 5.32 Å². The highest BCUT2D eigenvalue weighted by Gasteiger charge is 2.15. The van der Waals surface area contributed by atoms with E-state index < -0.39 is 6.10 Å². The van der Waals surface area contributed by atoms with Gasteiger partial charge in [-0.3, -0.25) is 9.69 Å². The Hall–Kier alpha value is -1.83. The number of benzene rings is 1. The zero-order valence-corrected chi connectivity index (χ0v) is 12.2. The van der Waals surface area contributed by atoms with Crippen LogP contribution in [0, 0.1) is 0 Å². The van der Waals surface area contributed by atoms with Gasteiger partial charge in [0.2, 0.25) is 12.7 Å². The summed E-state index contributed by atoms with van der Waals surface area (Å²) < 4.78 is 15.3. The average Bonchev–Trinajstić information content (AvgIpc) is 2.85. The standard InChI is InChI=1S/C14H20N2O5/c1-16(6-11(17)8-19-2)7-14(18)15-10-3-4-12-13(5-10)21-9-20-12/h3-5,11,17H,6-9H2,1-2H3,(H,15,18). The molecule has 1 unspecified atom stereocenters. The maximum Gasteiger partial charge on any atom is 0.238 e. The fourth-order valence-corrected chi connectivity index (χ4v) is 2.09. The van der Waals surface area contributed by atoms with Gasteiger partial charge < -0.3 is 24.6 Å². The zero-order chi connectivity index (χ0) is 15.2. The summed E-state index contributed by atoms with van der Waals surface area (Å²) in [6.07, 6.45) is -0.613. The Bertz CT molecular complexity index is 494. The summed E-state index contributed by atoms with van der Waals surface area (Å²) in [5, 5.41) is 12.4. The van der Waals surface area contributed by atoms with Crippen LogP contribution in [-0.4, -0.2) is 62.7 Å². The normalized spacial score (nSPS) is 14.3. The minimum Gasteiger partial charge on any atom is -0.454 e. The smallest absolute Gasteiger partial charge is 0.238 e. The second-order valence-electron chi connectivity index (χ2n) is 4.92. The summed E-state index contributed by atoms with van der Waals surface area (Å²) in [4.78, 5) is 13.7. The maximum atomic E-state index is 11.9. The SMILES string of the molecule is COCC(O)CN(C)CC(=O)Nc1ccc2c(c1)OCO2. The molecule has 1 aromatic rings. The first-order valence-electron chi connectivity index (χ1n) is 6.63. The van der Waals surface area contributed by atoms with Gasteiger partial charge in [0.25, 0.3) is 0 Å². The Morgan fingerprint density at radius 2 is 2.24 bits per heavy atom. The average molecular weight is 296 g/mol. The molecule has 0 saturated heterocycles. The van der Waals surface area contributed by atoms with Crippen molar-refractivity contribution in [3.63, 3.8) is 0 Å². The van der Waals surface area contributed by atoms with Crippen LogP contribution in [0.15, 0.2) is 18.2 Å². The third kappa shape index (κ3) is 4.59. The fourth-order valence-electron chi connectivity index (χ4n) is 2.09. The Balaban J connectivity index is 1.81. The second-order valence-corrected chi connectivity index (χ2v) is 4.92. The van der Waals surface area contributed by atoms with E-state index in [4.69, 9.17) is 14.2 Å². The van der Waals surface area contributed by atoms with E-state index in [1.807, 2.05) is 0 Å². The highest BCUT2D eigenvalue weighted by atomic mass is 16.7. The molecule has 21 heavy (non-hydrogen) atoms. The third-order valence-corrected chi connectivity index (χ3v) is 2.95. The molecule has 0 aromatic heterocycles. The Morgan fingerprint density at radius 1 is 1.48 bits per heavy atom. The van der Waals surface area contributed by atoms with Gasteiger partial charge in [-0.05, 0) is 19.2 Å². The van der Waals surface area contributed by atoms with Crippen LogP contribution in [0.2, 0.25) is 0 Å². The van der Waals surface area contributed by atoms with E-state index in [9.17, 15) is 9.90 Å². The molecule has 0 saturated carbocycles. The lowest BCUT2D eigenvalue weighted by Crippen LogP contribution is -2.37. The first-order valence-corrected chi connectivity index (χ1v) is 6.63. The number of hydrogen-bond donors (Lipinski definition) is 2. The summed E-state index contributed by atoms with van der Waals surface area (Å²) in [6.45, 7) is 0.985. The number of hydrogen-bond acceptors (Lipinski definition) is 6. The minimum absolute atomic E-state index is 0.166. The molecule has 1 aliphatic heterocycles. The van der Waals surface area contributed by atoms with Gasteiger partial charge in [-0.1, -0.05) is 0 Å². The van der Waals surface area contributed by atoms with E-state index in [0.717, 1.165) is 0 Å². The molecule has 0 radical (unpaired) electrons. The molecule has 1 aliphatic rings. The van der Waals surface area contributed by atoms with Crippen molar-refractivity contribution in [1.82, 2.24) is 4.90 Å². The molecule has 7 heteroatoms. The van der Waals surface area contributed by atoms with Crippen LogP contribution in [0.3, 0.4) is 0 Å².